The molecule has 1 aromatic carbocycles. The van der Waals surface area contributed by atoms with E-state index in [1.54, 1.807) is 11.3 Å². The zero-order valence-corrected chi connectivity index (χ0v) is 11.2. The highest BCUT2D eigenvalue weighted by Crippen LogP contribution is 2.39. The predicted octanol–water partition coefficient (Wildman–Crippen LogP) is 3.78. The minimum atomic E-state index is 0.344. The zero-order chi connectivity index (χ0) is 12.8. The molecule has 1 saturated carbocycles. The Hall–Kier alpha value is -1.71. The molecule has 2 N–H and O–H groups in total. The first-order valence-electron chi connectivity index (χ1n) is 6.52. The minimum Gasteiger partial charge on any atom is -0.327 e. The van der Waals surface area contributed by atoms with Crippen molar-refractivity contribution in [3.63, 3.8) is 0 Å². The number of aromatic nitrogens is 1. The van der Waals surface area contributed by atoms with Crippen molar-refractivity contribution in [1.82, 2.24) is 4.98 Å². The summed E-state index contributed by atoms with van der Waals surface area (Å²) in [6.07, 6.45) is 3.08. The van der Waals surface area contributed by atoms with Gasteiger partial charge in [-0.25, -0.2) is 0 Å². The molecular formula is C16H14N2S. The van der Waals surface area contributed by atoms with E-state index in [-0.39, 0.29) is 0 Å². The van der Waals surface area contributed by atoms with Crippen molar-refractivity contribution in [2.24, 2.45) is 5.73 Å². The first-order valence-corrected chi connectivity index (χ1v) is 7.33. The number of thiophene rings is 1. The summed E-state index contributed by atoms with van der Waals surface area (Å²) >= 11 is 1.79. The number of rotatable bonds is 2. The maximum Gasteiger partial charge on any atom is 0.0802 e. The third-order valence-electron chi connectivity index (χ3n) is 3.73. The van der Waals surface area contributed by atoms with E-state index in [1.807, 2.05) is 6.20 Å². The second kappa shape index (κ2) is 4.15. The Morgan fingerprint density at radius 1 is 1.16 bits per heavy atom. The lowest BCUT2D eigenvalue weighted by molar-refractivity contribution is 0.981. The van der Waals surface area contributed by atoms with Crippen LogP contribution in [0.2, 0.25) is 0 Å². The number of nitrogens with two attached hydrogens (primary N) is 1. The third-order valence-corrected chi connectivity index (χ3v) is 4.87. The smallest absolute Gasteiger partial charge is 0.0802 e. The first-order chi connectivity index (χ1) is 9.31. The van der Waals surface area contributed by atoms with Crippen LogP contribution in [0.25, 0.3) is 20.7 Å². The summed E-state index contributed by atoms with van der Waals surface area (Å²) in [5.74, 6) is 0.531. The molecule has 19 heavy (non-hydrogen) atoms. The first kappa shape index (κ1) is 11.1. The topological polar surface area (TPSA) is 38.9 Å². The molecule has 0 bridgehead atoms. The molecule has 1 aliphatic carbocycles. The largest absolute Gasteiger partial charge is 0.327 e. The fourth-order valence-electron chi connectivity index (χ4n) is 2.48. The summed E-state index contributed by atoms with van der Waals surface area (Å²) < 4.78 is 1.31. The lowest BCUT2D eigenvalue weighted by atomic mass is 10.1. The van der Waals surface area contributed by atoms with Gasteiger partial charge in [0.25, 0.3) is 0 Å². The van der Waals surface area contributed by atoms with Gasteiger partial charge < -0.3 is 5.73 Å². The monoisotopic (exact) mass is 266 g/mol. The molecule has 0 saturated heterocycles. The molecule has 2 aromatic heterocycles. The Balaban J connectivity index is 1.71. The van der Waals surface area contributed by atoms with Crippen LogP contribution in [0.5, 0.6) is 0 Å². The van der Waals surface area contributed by atoms with Gasteiger partial charge in [0.15, 0.2) is 0 Å². The Labute approximate surface area is 115 Å². The highest BCUT2D eigenvalue weighted by atomic mass is 32.1. The summed E-state index contributed by atoms with van der Waals surface area (Å²) in [6, 6.07) is 15.3. The number of nitrogens with zero attached hydrogens (tertiary/aromatic N) is 1. The van der Waals surface area contributed by atoms with Gasteiger partial charge in [-0.2, -0.15) is 0 Å². The van der Waals surface area contributed by atoms with Crippen LogP contribution in [0.1, 0.15) is 17.9 Å². The fourth-order valence-corrected chi connectivity index (χ4v) is 3.52. The van der Waals surface area contributed by atoms with E-state index in [1.165, 1.54) is 20.5 Å². The second-order valence-electron chi connectivity index (χ2n) is 5.13. The zero-order valence-electron chi connectivity index (χ0n) is 10.4. The third kappa shape index (κ3) is 1.95. The maximum absolute atomic E-state index is 5.87. The Morgan fingerprint density at radius 3 is 2.68 bits per heavy atom. The van der Waals surface area contributed by atoms with Crippen molar-refractivity contribution < 1.29 is 0 Å². The van der Waals surface area contributed by atoms with Gasteiger partial charge >= 0.3 is 0 Å². The van der Waals surface area contributed by atoms with Gasteiger partial charge in [0.05, 0.1) is 10.6 Å². The van der Waals surface area contributed by atoms with E-state index >= 15 is 0 Å². The molecule has 0 aliphatic heterocycles. The predicted molar refractivity (Wildman–Crippen MR) is 80.4 cm³/mol. The molecule has 2 atom stereocenters. The van der Waals surface area contributed by atoms with Gasteiger partial charge in [0, 0.05) is 22.9 Å². The van der Waals surface area contributed by atoms with Crippen LogP contribution in [0, 0.1) is 0 Å². The molecule has 3 heteroatoms. The van der Waals surface area contributed by atoms with Crippen LogP contribution >= 0.6 is 11.3 Å². The Kier molecular flexibility index (Phi) is 2.43. The van der Waals surface area contributed by atoms with Crippen molar-refractivity contribution in [2.45, 2.75) is 18.4 Å². The number of pyridine rings is 1. The molecule has 2 nitrogen and oxygen atoms in total. The van der Waals surface area contributed by atoms with Crippen molar-refractivity contribution >= 4 is 21.4 Å². The molecule has 4 rings (SSSR count). The van der Waals surface area contributed by atoms with Gasteiger partial charge in [0.2, 0.25) is 0 Å². The summed E-state index contributed by atoms with van der Waals surface area (Å²) in [7, 11) is 0. The van der Waals surface area contributed by atoms with Crippen LogP contribution < -0.4 is 5.73 Å². The van der Waals surface area contributed by atoms with Crippen molar-refractivity contribution in [2.75, 3.05) is 0 Å². The van der Waals surface area contributed by atoms with E-state index in [9.17, 15) is 0 Å². The lowest BCUT2D eigenvalue weighted by Gasteiger charge is -2.00. The van der Waals surface area contributed by atoms with Crippen LogP contribution in [0.15, 0.2) is 48.7 Å². The van der Waals surface area contributed by atoms with Gasteiger partial charge in [0.1, 0.15) is 0 Å². The average molecular weight is 266 g/mol. The summed E-state index contributed by atoms with van der Waals surface area (Å²) in [4.78, 5) is 5.82. The van der Waals surface area contributed by atoms with Crippen molar-refractivity contribution in [3.05, 3.63) is 54.2 Å². The van der Waals surface area contributed by atoms with E-state index in [0.29, 0.717) is 12.0 Å². The second-order valence-corrected chi connectivity index (χ2v) is 6.22. The van der Waals surface area contributed by atoms with Crippen LogP contribution in [0.3, 0.4) is 0 Å². The van der Waals surface area contributed by atoms with E-state index in [0.717, 1.165) is 12.1 Å². The molecule has 94 valence electrons. The van der Waals surface area contributed by atoms with E-state index < -0.39 is 0 Å². The molecule has 0 spiro atoms. The van der Waals surface area contributed by atoms with E-state index in [2.05, 4.69) is 47.4 Å². The highest BCUT2D eigenvalue weighted by Gasteiger charge is 2.34. The van der Waals surface area contributed by atoms with Gasteiger partial charge in [-0.1, -0.05) is 24.3 Å². The Morgan fingerprint density at radius 2 is 2.00 bits per heavy atom. The fraction of sp³-hybridized carbons (Fsp3) is 0.188. The maximum atomic E-state index is 5.87. The molecule has 0 radical (unpaired) electrons. The molecular weight excluding hydrogens is 252 g/mol. The quantitative estimate of drug-likeness (QED) is 0.766. The molecule has 1 aliphatic rings. The van der Waals surface area contributed by atoms with Crippen molar-refractivity contribution in [3.8, 4) is 10.6 Å². The number of benzene rings is 1. The van der Waals surface area contributed by atoms with Gasteiger partial charge in [-0.3, -0.25) is 4.98 Å². The molecule has 2 heterocycles. The summed E-state index contributed by atoms with van der Waals surface area (Å²) in [5, 5.41) is 1.29. The number of hydrogen-bond donors (Lipinski definition) is 1. The molecule has 0 amide bonds. The van der Waals surface area contributed by atoms with Crippen molar-refractivity contribution in [1.29, 1.82) is 0 Å². The molecule has 1 fully saturated rings. The van der Waals surface area contributed by atoms with Gasteiger partial charge in [-0.05, 0) is 35.6 Å². The summed E-state index contributed by atoms with van der Waals surface area (Å²) in [6.45, 7) is 0. The standard InChI is InChI=1S/C16H14N2S/c17-13-8-12(13)11-5-6-14(18-9-11)16-7-10-3-1-2-4-15(10)19-16/h1-7,9,12-13H,8,17H2/t12-,13+/m0/s1. The SMILES string of the molecule is N[C@@H]1C[C@H]1c1ccc(-c2cc3ccccc3s2)nc1. The van der Waals surface area contributed by atoms with Crippen LogP contribution in [-0.4, -0.2) is 11.0 Å². The minimum absolute atomic E-state index is 0.344. The van der Waals surface area contributed by atoms with Gasteiger partial charge in [-0.15, -0.1) is 11.3 Å². The van der Waals surface area contributed by atoms with Crippen LogP contribution in [0.4, 0.5) is 0 Å². The van der Waals surface area contributed by atoms with E-state index in [4.69, 9.17) is 5.73 Å². The number of hydrogen-bond acceptors (Lipinski definition) is 3. The molecule has 0 unspecified atom stereocenters. The summed E-state index contributed by atoms with van der Waals surface area (Å²) in [5.41, 5.74) is 8.20. The highest BCUT2D eigenvalue weighted by molar-refractivity contribution is 7.22. The Bertz CT molecular complexity index is 697. The molecule has 3 aromatic rings. The average Bonchev–Trinajstić information content (AvgIpc) is 3.02. The normalized spacial score (nSPS) is 21.7. The lowest BCUT2D eigenvalue weighted by Crippen LogP contribution is -2.01. The van der Waals surface area contributed by atoms with Crippen LogP contribution in [-0.2, 0) is 0 Å². The number of fused-ring (bicyclic) bond motifs is 1.